The third-order valence-electron chi connectivity index (χ3n) is 3.43. The summed E-state index contributed by atoms with van der Waals surface area (Å²) in [7, 11) is 6.52. The third-order valence-corrected chi connectivity index (χ3v) is 3.43. The lowest BCUT2D eigenvalue weighted by molar-refractivity contribution is -0.120. The van der Waals surface area contributed by atoms with Crippen LogP contribution in [0.2, 0.25) is 0 Å². The molecule has 23 heteroatoms. The molecule has 13 N–H and O–H groups in total. The number of hydrogen-bond donors (Lipinski definition) is 10. The molecule has 0 saturated carbocycles. The molecule has 0 atom stereocenters. The Labute approximate surface area is 283 Å². The fourth-order valence-corrected chi connectivity index (χ4v) is 0.792. The van der Waals surface area contributed by atoms with E-state index in [0.29, 0.717) is 24.4 Å². The summed E-state index contributed by atoms with van der Waals surface area (Å²) in [6, 6.07) is 0. The molecule has 0 aromatic carbocycles. The number of guanidine groups is 1. The third kappa shape index (κ3) is 90.0. The van der Waals surface area contributed by atoms with Crippen LogP contribution in [0.5, 0.6) is 0 Å². The number of nitrogens with zero attached hydrogens (tertiary/aromatic N) is 11. The number of oxime groups is 3. The molecule has 48 heavy (non-hydrogen) atoms. The lowest BCUT2D eigenvalue weighted by Crippen LogP contribution is -2.21. The predicted octanol–water partition coefficient (Wildman–Crippen LogP) is 0.227. The Kier molecular flexibility index (Phi) is 64.8. The average molecular weight is 693 g/mol. The highest BCUT2D eigenvalue weighted by molar-refractivity contribution is 5.79. The van der Waals surface area contributed by atoms with Crippen LogP contribution in [-0.4, -0.2) is 127 Å². The monoisotopic (exact) mass is 692 g/mol. The lowest BCUT2D eigenvalue weighted by atomic mass is 10.5. The molecule has 2 heterocycles. The quantitative estimate of drug-likeness (QED) is 0.0890. The number of tetrazole rings is 2. The molecular weight excluding hydrogens is 632 g/mol. The second-order valence-corrected chi connectivity index (χ2v) is 7.50. The molecule has 0 spiro atoms. The summed E-state index contributed by atoms with van der Waals surface area (Å²) in [6.45, 7) is 15.8. The fourth-order valence-electron chi connectivity index (χ4n) is 0.792. The Morgan fingerprint density at radius 3 is 1.31 bits per heavy atom. The number of nitrogens with two attached hydrogens (primary N) is 3. The average Bonchev–Trinajstić information content (AvgIpc) is 3.83. The van der Waals surface area contributed by atoms with Crippen molar-refractivity contribution >= 4 is 41.8 Å². The van der Waals surface area contributed by atoms with Crippen LogP contribution in [0.3, 0.4) is 0 Å². The summed E-state index contributed by atoms with van der Waals surface area (Å²) in [4.78, 5) is 26.7. The zero-order chi connectivity index (χ0) is 39.2. The van der Waals surface area contributed by atoms with E-state index in [0.717, 1.165) is 12.2 Å². The lowest BCUT2D eigenvalue weighted by Gasteiger charge is -1.87. The van der Waals surface area contributed by atoms with Crippen LogP contribution >= 0.6 is 0 Å². The molecule has 0 aliphatic heterocycles. The number of carbonyl (C=O) groups excluding carboxylic acids is 2. The van der Waals surface area contributed by atoms with Crippen LogP contribution in [0.1, 0.15) is 79.9 Å². The number of carbonyl (C=O) groups is 2. The maximum atomic E-state index is 10.1. The van der Waals surface area contributed by atoms with Gasteiger partial charge in [0.2, 0.25) is 11.8 Å². The smallest absolute Gasteiger partial charge is 0.219 e. The number of hydrogen-bond acceptors (Lipinski definition) is 16. The highest BCUT2D eigenvalue weighted by Crippen LogP contribution is 1.79. The molecule has 2 amide bonds. The van der Waals surface area contributed by atoms with E-state index in [1.54, 1.807) is 55.1 Å². The first-order valence-electron chi connectivity index (χ1n) is 14.0. The topological polar surface area (TPSA) is 368 Å². The highest BCUT2D eigenvalue weighted by atomic mass is 16.4. The largest absolute Gasteiger partial charge is 0.411 e. The molecule has 0 radical (unpaired) electrons. The minimum Gasteiger partial charge on any atom is -0.411 e. The number of H-pyrrole nitrogens is 2. The van der Waals surface area contributed by atoms with Gasteiger partial charge in [-0.15, -0.1) is 25.6 Å². The molecule has 2 rings (SSSR count). The van der Waals surface area contributed by atoms with Gasteiger partial charge in [0, 0.05) is 60.6 Å². The minimum atomic E-state index is 0.00463. The standard InChI is InChI=1S/C4H9NO.C3H6N4.C3H8N2O.2C3H7NO.C3H7N.C2H4N4.C2H7N3.C2H5NO/c1-3-4(6)5-2;1-2-3-4-6-7-5-3;1-2-3(4)5-6;1-3(5)4-2;1-3(2)4-5;1-3-4-2;1-2-3-5-6-4-2;1-5-2(3)4;1-2-3-4/h3H2,1-2H3,(H,5,6);2H2,1H3,(H,4,5,6,7);6H,2H2,1H3,(H2,4,5);1-2H3,(H,4,5);5H,1-2H3;3H,1-2H3;1H3,(H,3,4,5,6);1H3,(H4,3,4,5);2,4H,1H3/b;;;;;;;;3-2+. The van der Waals surface area contributed by atoms with Crippen LogP contribution in [0.15, 0.2) is 25.5 Å². The van der Waals surface area contributed by atoms with Gasteiger partial charge in [0.05, 0.1) is 5.71 Å². The SMILES string of the molecule is C/C=N/O.CC(C)=NO.CC/C(N)=N/O.CC=NC.CCC(=O)NC.CCc1nn[nH]n1.CN=C(N)N.CNC(C)=O.Cc1nn[nH]n1. The van der Waals surface area contributed by atoms with Gasteiger partial charge in [-0.3, -0.25) is 14.6 Å². The van der Waals surface area contributed by atoms with Crippen LogP contribution in [0.25, 0.3) is 0 Å². The van der Waals surface area contributed by atoms with Crippen molar-refractivity contribution in [1.29, 1.82) is 0 Å². The Morgan fingerprint density at radius 1 is 0.833 bits per heavy atom. The minimum absolute atomic E-state index is 0.00463. The summed E-state index contributed by atoms with van der Waals surface area (Å²) in [6.07, 6.45) is 5.09. The molecule has 0 aliphatic rings. The van der Waals surface area contributed by atoms with Crippen molar-refractivity contribution in [2.24, 2.45) is 42.7 Å². The first kappa shape index (κ1) is 57.8. The zero-order valence-electron chi connectivity index (χ0n) is 30.6. The molecular formula is C25H60N18O5. The summed E-state index contributed by atoms with van der Waals surface area (Å²) in [5.74, 6) is 1.94. The molecule has 0 aliphatic carbocycles. The van der Waals surface area contributed by atoms with Crippen LogP contribution in [0, 0.1) is 6.92 Å². The number of amides is 2. The number of aromatic amines is 2. The van der Waals surface area contributed by atoms with Crippen molar-refractivity contribution in [3.63, 3.8) is 0 Å². The Bertz CT molecular complexity index is 994. The van der Waals surface area contributed by atoms with Gasteiger partial charge >= 0.3 is 0 Å². The van der Waals surface area contributed by atoms with Crippen molar-refractivity contribution < 1.29 is 25.2 Å². The van der Waals surface area contributed by atoms with Crippen molar-refractivity contribution in [2.45, 2.75) is 81.6 Å². The van der Waals surface area contributed by atoms with E-state index < -0.39 is 0 Å². The van der Waals surface area contributed by atoms with Gasteiger partial charge in [0.1, 0.15) is 5.84 Å². The Morgan fingerprint density at radius 2 is 1.25 bits per heavy atom. The summed E-state index contributed by atoms with van der Waals surface area (Å²) in [5.41, 5.74) is 15.3. The number of rotatable bonds is 3. The molecule has 0 fully saturated rings. The second-order valence-electron chi connectivity index (χ2n) is 7.50. The molecule has 2 aromatic heterocycles. The van der Waals surface area contributed by atoms with Gasteiger partial charge in [0.25, 0.3) is 0 Å². The number of aromatic nitrogens is 8. The van der Waals surface area contributed by atoms with E-state index in [-0.39, 0.29) is 23.6 Å². The van der Waals surface area contributed by atoms with Crippen molar-refractivity contribution in [3.8, 4) is 0 Å². The molecule has 280 valence electrons. The Hall–Kier alpha value is -5.77. The number of aryl methyl sites for hydroxylation is 2. The highest BCUT2D eigenvalue weighted by Gasteiger charge is 1.87. The van der Waals surface area contributed by atoms with E-state index in [1.807, 2.05) is 27.7 Å². The van der Waals surface area contributed by atoms with E-state index in [1.165, 1.54) is 20.2 Å². The summed E-state index contributed by atoms with van der Waals surface area (Å²) in [5, 5.41) is 61.8. The van der Waals surface area contributed by atoms with Gasteiger partial charge in [-0.1, -0.05) is 41.5 Å². The van der Waals surface area contributed by atoms with Gasteiger partial charge in [0.15, 0.2) is 17.6 Å². The molecule has 0 unspecified atom stereocenters. The number of aliphatic imine (C=N–C) groups is 2. The predicted molar refractivity (Wildman–Crippen MR) is 189 cm³/mol. The van der Waals surface area contributed by atoms with Crippen molar-refractivity contribution in [2.75, 3.05) is 28.2 Å². The molecule has 0 saturated heterocycles. The van der Waals surface area contributed by atoms with E-state index in [9.17, 15) is 9.59 Å². The molecule has 23 nitrogen and oxygen atoms in total. The van der Waals surface area contributed by atoms with Crippen molar-refractivity contribution in [1.82, 2.24) is 51.9 Å². The van der Waals surface area contributed by atoms with Gasteiger partial charge in [-0.05, 0) is 40.8 Å². The van der Waals surface area contributed by atoms with Crippen molar-refractivity contribution in [3.05, 3.63) is 11.6 Å². The number of amidine groups is 1. The summed E-state index contributed by atoms with van der Waals surface area (Å²) >= 11 is 0. The van der Waals surface area contributed by atoms with E-state index in [4.69, 9.17) is 32.8 Å². The first-order chi connectivity index (χ1) is 22.6. The Balaban J connectivity index is -0.0000000793. The zero-order valence-corrected chi connectivity index (χ0v) is 30.6. The van der Waals surface area contributed by atoms with Crippen LogP contribution < -0.4 is 27.8 Å². The first-order valence-corrected chi connectivity index (χ1v) is 14.0. The maximum Gasteiger partial charge on any atom is 0.219 e. The van der Waals surface area contributed by atoms with Gasteiger partial charge in [-0.2, -0.15) is 10.4 Å². The van der Waals surface area contributed by atoms with E-state index >= 15 is 0 Å². The number of nitrogens with one attached hydrogen (secondary N) is 4. The van der Waals surface area contributed by atoms with Crippen LogP contribution in [-0.2, 0) is 16.0 Å². The normalized spacial score (nSPS) is 8.56. The molecule has 0 bridgehead atoms. The van der Waals surface area contributed by atoms with E-state index in [2.05, 4.69) is 77.3 Å². The van der Waals surface area contributed by atoms with Crippen LogP contribution in [0.4, 0.5) is 0 Å². The molecule has 2 aromatic rings. The maximum absolute atomic E-state index is 10.1. The van der Waals surface area contributed by atoms with Gasteiger partial charge in [-0.25, -0.2) is 0 Å². The second kappa shape index (κ2) is 53.8. The summed E-state index contributed by atoms with van der Waals surface area (Å²) < 4.78 is 0. The van der Waals surface area contributed by atoms with Gasteiger partial charge < -0.3 is 48.4 Å². The fraction of sp³-hybridized carbons (Fsp3) is 0.640.